The first kappa shape index (κ1) is 35.4. The maximum Gasteiger partial charge on any atom is 0.253 e. The molecular weight excluding hydrogens is 618 g/mol. The first-order chi connectivity index (χ1) is 23.2. The van der Waals surface area contributed by atoms with E-state index in [0.29, 0.717) is 53.4 Å². The zero-order chi connectivity index (χ0) is 34.0. The van der Waals surface area contributed by atoms with Crippen LogP contribution in [0.3, 0.4) is 0 Å². The Bertz CT molecular complexity index is 1670. The summed E-state index contributed by atoms with van der Waals surface area (Å²) in [5.41, 5.74) is 5.33. The van der Waals surface area contributed by atoms with Crippen LogP contribution < -0.4 is 16.0 Å². The Morgan fingerprint density at radius 3 is 2.42 bits per heavy atom. The summed E-state index contributed by atoms with van der Waals surface area (Å²) in [6, 6.07) is 28.0. The fourth-order valence-electron chi connectivity index (χ4n) is 6.29. The van der Waals surface area contributed by atoms with Gasteiger partial charge in [-0.05, 0) is 106 Å². The molecule has 0 bridgehead atoms. The average molecular weight is 666 g/mol. The molecule has 7 nitrogen and oxygen atoms in total. The second-order valence-electron chi connectivity index (χ2n) is 13.5. The summed E-state index contributed by atoms with van der Waals surface area (Å²) in [7, 11) is 0. The Kier molecular flexibility index (Phi) is 12.5. The summed E-state index contributed by atoms with van der Waals surface area (Å²) in [6.45, 7) is 13.3. The number of hydrogen-bond donors (Lipinski definition) is 3. The zero-order valence-electron chi connectivity index (χ0n) is 28.6. The number of carbonyl (C=O) groups excluding carboxylic acids is 1. The van der Waals surface area contributed by atoms with Gasteiger partial charge in [-0.2, -0.15) is 5.26 Å². The van der Waals surface area contributed by atoms with Crippen LogP contribution in [-0.2, 0) is 13.0 Å². The van der Waals surface area contributed by atoms with E-state index in [4.69, 9.17) is 16.0 Å². The number of piperidine rings is 1. The maximum atomic E-state index is 13.8. The number of rotatable bonds is 14. The largest absolute Gasteiger partial charge is 0.460 e. The van der Waals surface area contributed by atoms with Crippen molar-refractivity contribution >= 4 is 17.5 Å². The van der Waals surface area contributed by atoms with Gasteiger partial charge in [-0.3, -0.25) is 4.79 Å². The number of nitriles is 1. The van der Waals surface area contributed by atoms with E-state index in [1.807, 2.05) is 42.5 Å². The standard InChI is InChI=1S/C40H48ClN5O2/c1-27(2)26-46-19-17-34(18-20-46)44-24-35(21-30-7-9-31(23-42)10-8-30)45-40(47)37-22-33(13-15-38(37)41)39-16-14-36(48-39)25-43-29(4)32-11-5-28(3)6-12-32/h5-16,22,27,29,34-35,43-44H,17-21,24-26H2,1-4H3,(H,45,47). The van der Waals surface area contributed by atoms with E-state index in [1.165, 1.54) is 11.1 Å². The van der Waals surface area contributed by atoms with Crippen LogP contribution >= 0.6 is 11.6 Å². The Morgan fingerprint density at radius 2 is 1.73 bits per heavy atom. The fourth-order valence-corrected chi connectivity index (χ4v) is 6.49. The monoisotopic (exact) mass is 665 g/mol. The minimum atomic E-state index is -0.227. The molecule has 3 N–H and O–H groups in total. The molecule has 1 aliphatic rings. The van der Waals surface area contributed by atoms with Crippen molar-refractivity contribution in [2.24, 2.45) is 5.92 Å². The number of benzene rings is 3. The summed E-state index contributed by atoms with van der Waals surface area (Å²) in [6.07, 6.45) is 2.80. The third-order valence-electron chi connectivity index (χ3n) is 9.08. The van der Waals surface area contributed by atoms with E-state index >= 15 is 0 Å². The van der Waals surface area contributed by atoms with Gasteiger partial charge in [0.05, 0.1) is 28.8 Å². The van der Waals surface area contributed by atoms with Crippen molar-refractivity contribution in [3.63, 3.8) is 0 Å². The predicted molar refractivity (Wildman–Crippen MR) is 194 cm³/mol. The van der Waals surface area contributed by atoms with Gasteiger partial charge < -0.3 is 25.3 Å². The van der Waals surface area contributed by atoms with Gasteiger partial charge in [-0.15, -0.1) is 0 Å². The highest BCUT2D eigenvalue weighted by molar-refractivity contribution is 6.34. The van der Waals surface area contributed by atoms with Gasteiger partial charge in [0.1, 0.15) is 11.5 Å². The molecule has 5 rings (SSSR count). The molecule has 2 unspecified atom stereocenters. The van der Waals surface area contributed by atoms with Crippen LogP contribution in [0, 0.1) is 24.2 Å². The SMILES string of the molecule is Cc1ccc(C(C)NCc2ccc(-c3ccc(Cl)c(C(=O)NC(CNC4CCN(CC(C)C)CC4)Cc4ccc(C#N)cc4)c3)o2)cc1. The number of likely N-dealkylation sites (tertiary alicyclic amines) is 1. The Labute approximate surface area is 290 Å². The summed E-state index contributed by atoms with van der Waals surface area (Å²) in [5.74, 6) is 1.93. The number of hydrogen-bond acceptors (Lipinski definition) is 6. The van der Waals surface area contributed by atoms with Crippen molar-refractivity contribution in [3.8, 4) is 17.4 Å². The lowest BCUT2D eigenvalue weighted by Crippen LogP contribution is -2.49. The van der Waals surface area contributed by atoms with E-state index < -0.39 is 0 Å². The van der Waals surface area contributed by atoms with Crippen molar-refractivity contribution in [1.82, 2.24) is 20.9 Å². The maximum absolute atomic E-state index is 13.8. The Hall–Kier alpha value is -3.93. The molecule has 0 spiro atoms. The zero-order valence-corrected chi connectivity index (χ0v) is 29.3. The molecule has 1 saturated heterocycles. The van der Waals surface area contributed by atoms with E-state index in [0.717, 1.165) is 49.4 Å². The number of halogens is 1. The minimum Gasteiger partial charge on any atom is -0.460 e. The molecule has 1 amide bonds. The minimum absolute atomic E-state index is 0.171. The molecule has 4 aromatic rings. The fraction of sp³-hybridized carbons (Fsp3) is 0.400. The molecule has 1 aliphatic heterocycles. The summed E-state index contributed by atoms with van der Waals surface area (Å²) >= 11 is 6.61. The Balaban J connectivity index is 1.24. The van der Waals surface area contributed by atoms with Gasteiger partial charge in [-0.25, -0.2) is 0 Å². The number of nitrogens with zero attached hydrogens (tertiary/aromatic N) is 2. The lowest BCUT2D eigenvalue weighted by atomic mass is 10.0. The molecule has 2 atom stereocenters. The highest BCUT2D eigenvalue weighted by Gasteiger charge is 2.23. The van der Waals surface area contributed by atoms with Gasteiger partial charge in [-0.1, -0.05) is 67.4 Å². The van der Waals surface area contributed by atoms with E-state index in [2.05, 4.69) is 78.9 Å². The van der Waals surface area contributed by atoms with Crippen molar-refractivity contribution in [2.75, 3.05) is 26.2 Å². The lowest BCUT2D eigenvalue weighted by molar-refractivity contribution is 0.0934. The lowest BCUT2D eigenvalue weighted by Gasteiger charge is -2.34. The quantitative estimate of drug-likeness (QED) is 0.128. The number of amides is 1. The smallest absolute Gasteiger partial charge is 0.253 e. The van der Waals surface area contributed by atoms with E-state index in [-0.39, 0.29) is 18.0 Å². The normalized spacial score (nSPS) is 15.3. The van der Waals surface area contributed by atoms with Crippen molar-refractivity contribution in [2.45, 2.75) is 71.6 Å². The topological polar surface area (TPSA) is 93.3 Å². The van der Waals surface area contributed by atoms with Gasteiger partial charge in [0.25, 0.3) is 5.91 Å². The van der Waals surface area contributed by atoms with Crippen molar-refractivity contribution in [3.05, 3.63) is 117 Å². The highest BCUT2D eigenvalue weighted by Crippen LogP contribution is 2.28. The second kappa shape index (κ2) is 16.9. The summed E-state index contributed by atoms with van der Waals surface area (Å²) in [4.78, 5) is 16.3. The molecule has 48 heavy (non-hydrogen) atoms. The molecule has 0 radical (unpaired) electrons. The van der Waals surface area contributed by atoms with Gasteiger partial charge in [0.2, 0.25) is 0 Å². The Morgan fingerprint density at radius 1 is 1.00 bits per heavy atom. The van der Waals surface area contributed by atoms with E-state index in [1.54, 1.807) is 12.1 Å². The molecule has 0 saturated carbocycles. The second-order valence-corrected chi connectivity index (χ2v) is 13.9. The number of carbonyl (C=O) groups is 1. The van der Waals surface area contributed by atoms with Crippen LogP contribution in [0.25, 0.3) is 11.3 Å². The van der Waals surface area contributed by atoms with Crippen LogP contribution in [0.5, 0.6) is 0 Å². The van der Waals surface area contributed by atoms with Gasteiger partial charge in [0.15, 0.2) is 0 Å². The third-order valence-corrected chi connectivity index (χ3v) is 9.41. The molecule has 8 heteroatoms. The molecular formula is C40H48ClN5O2. The van der Waals surface area contributed by atoms with Crippen LogP contribution in [-0.4, -0.2) is 49.1 Å². The highest BCUT2D eigenvalue weighted by atomic mass is 35.5. The van der Waals surface area contributed by atoms with Gasteiger partial charge >= 0.3 is 0 Å². The number of aryl methyl sites for hydroxylation is 1. The first-order valence-electron chi connectivity index (χ1n) is 17.1. The van der Waals surface area contributed by atoms with Crippen molar-refractivity contribution < 1.29 is 9.21 Å². The van der Waals surface area contributed by atoms with Crippen molar-refractivity contribution in [1.29, 1.82) is 5.26 Å². The summed E-state index contributed by atoms with van der Waals surface area (Å²) < 4.78 is 6.19. The summed E-state index contributed by atoms with van der Waals surface area (Å²) in [5, 5.41) is 20.1. The third kappa shape index (κ3) is 10.0. The van der Waals surface area contributed by atoms with Crippen LogP contribution in [0.1, 0.15) is 78.0 Å². The number of nitrogens with one attached hydrogen (secondary N) is 3. The van der Waals surface area contributed by atoms with Crippen LogP contribution in [0.4, 0.5) is 0 Å². The number of furan rings is 1. The van der Waals surface area contributed by atoms with Crippen LogP contribution in [0.2, 0.25) is 5.02 Å². The van der Waals surface area contributed by atoms with Gasteiger partial charge in [0, 0.05) is 36.8 Å². The first-order valence-corrected chi connectivity index (χ1v) is 17.5. The molecule has 1 aromatic heterocycles. The van der Waals surface area contributed by atoms with E-state index in [9.17, 15) is 10.1 Å². The molecule has 2 heterocycles. The molecule has 0 aliphatic carbocycles. The molecule has 3 aromatic carbocycles. The molecule has 252 valence electrons. The van der Waals surface area contributed by atoms with Crippen LogP contribution in [0.15, 0.2) is 83.3 Å². The average Bonchev–Trinajstić information content (AvgIpc) is 3.56. The predicted octanol–water partition coefficient (Wildman–Crippen LogP) is 7.68. The molecule has 1 fully saturated rings.